The molecule has 2 N–H and O–H groups in total. The molecule has 0 radical (unpaired) electrons. The summed E-state index contributed by atoms with van der Waals surface area (Å²) in [5.74, 6) is -0.936. The van der Waals surface area contributed by atoms with E-state index in [4.69, 9.17) is 4.74 Å². The molecule has 1 aliphatic rings. The summed E-state index contributed by atoms with van der Waals surface area (Å²) in [7, 11) is 0. The van der Waals surface area contributed by atoms with Crippen LogP contribution in [0.2, 0.25) is 0 Å². The molecule has 1 fully saturated rings. The van der Waals surface area contributed by atoms with Crippen molar-refractivity contribution in [2.24, 2.45) is 5.92 Å². The summed E-state index contributed by atoms with van der Waals surface area (Å²) in [5.41, 5.74) is 0.238. The molecule has 1 heterocycles. The summed E-state index contributed by atoms with van der Waals surface area (Å²) >= 11 is 0. The van der Waals surface area contributed by atoms with Gasteiger partial charge in [-0.2, -0.15) is 0 Å². The third-order valence-electron chi connectivity index (χ3n) is 3.55. The number of nitrogens with zero attached hydrogens (tertiary/aromatic N) is 1. The molecule has 1 aromatic rings. The molecule has 0 bridgehead atoms. The van der Waals surface area contributed by atoms with Gasteiger partial charge in [0.05, 0.1) is 12.5 Å². The number of carbonyl (C=O) groups excluding carboxylic acids is 2. The molecule has 6 nitrogen and oxygen atoms in total. The topological polar surface area (TPSA) is 87.1 Å². The number of amides is 1. The highest BCUT2D eigenvalue weighted by atomic mass is 16.5. The number of hydrogen-bond donors (Lipinski definition) is 2. The molecule has 1 aliphatic heterocycles. The van der Waals surface area contributed by atoms with E-state index in [0.717, 1.165) is 0 Å². The molecular formula is C15H19NO5. The molecule has 6 heteroatoms. The number of likely N-dealkylation sites (tertiary alicyclic amines) is 1. The molecule has 1 aromatic carbocycles. The first-order chi connectivity index (χ1) is 10.0. The molecule has 1 amide bonds. The van der Waals surface area contributed by atoms with E-state index in [-0.39, 0.29) is 34.9 Å². The maximum Gasteiger partial charge on any atom is 0.309 e. The quantitative estimate of drug-likeness (QED) is 0.825. The van der Waals surface area contributed by atoms with Crippen molar-refractivity contribution in [2.45, 2.75) is 19.8 Å². The highest BCUT2D eigenvalue weighted by Crippen LogP contribution is 2.24. The Morgan fingerprint density at radius 1 is 1.19 bits per heavy atom. The average Bonchev–Trinajstić information content (AvgIpc) is 2.46. The van der Waals surface area contributed by atoms with E-state index in [1.807, 2.05) is 0 Å². The molecule has 21 heavy (non-hydrogen) atoms. The van der Waals surface area contributed by atoms with Crippen LogP contribution in [0.4, 0.5) is 0 Å². The van der Waals surface area contributed by atoms with Crippen LogP contribution in [0.25, 0.3) is 0 Å². The maximum absolute atomic E-state index is 12.3. The van der Waals surface area contributed by atoms with Crippen LogP contribution >= 0.6 is 0 Å². The van der Waals surface area contributed by atoms with Gasteiger partial charge in [0, 0.05) is 24.7 Å². The molecule has 0 unspecified atom stereocenters. The first-order valence-electron chi connectivity index (χ1n) is 7.00. The van der Waals surface area contributed by atoms with Crippen molar-refractivity contribution >= 4 is 11.9 Å². The van der Waals surface area contributed by atoms with Crippen LogP contribution in [0.15, 0.2) is 18.2 Å². The summed E-state index contributed by atoms with van der Waals surface area (Å²) in [6, 6.07) is 3.81. The van der Waals surface area contributed by atoms with Gasteiger partial charge in [0.2, 0.25) is 0 Å². The minimum absolute atomic E-state index is 0.153. The summed E-state index contributed by atoms with van der Waals surface area (Å²) in [5, 5.41) is 18.8. The number of carbonyl (C=O) groups is 2. The summed E-state index contributed by atoms with van der Waals surface area (Å²) in [6.07, 6.45) is 1.13. The summed E-state index contributed by atoms with van der Waals surface area (Å²) in [6.45, 7) is 3.04. The number of esters is 1. The lowest BCUT2D eigenvalue weighted by atomic mass is 9.96. The lowest BCUT2D eigenvalue weighted by molar-refractivity contribution is -0.149. The second kappa shape index (κ2) is 6.47. The standard InChI is InChI=1S/C15H19NO5/c1-2-21-15(20)10-3-5-16(6-4-10)14(19)11-7-12(17)9-13(18)8-11/h7-10,17-18H,2-6H2,1H3. The van der Waals surface area contributed by atoms with E-state index < -0.39 is 0 Å². The number of phenols is 2. The maximum atomic E-state index is 12.3. The molecule has 0 saturated carbocycles. The molecule has 0 aromatic heterocycles. The SMILES string of the molecule is CCOC(=O)C1CCN(C(=O)c2cc(O)cc(O)c2)CC1. The van der Waals surface area contributed by atoms with Gasteiger partial charge in [0.25, 0.3) is 5.91 Å². The van der Waals surface area contributed by atoms with Crippen molar-refractivity contribution < 1.29 is 24.5 Å². The van der Waals surface area contributed by atoms with Crippen molar-refractivity contribution in [1.29, 1.82) is 0 Å². The summed E-state index contributed by atoms with van der Waals surface area (Å²) < 4.78 is 4.98. The first-order valence-corrected chi connectivity index (χ1v) is 7.00. The largest absolute Gasteiger partial charge is 0.508 e. The zero-order valence-corrected chi connectivity index (χ0v) is 11.9. The van der Waals surface area contributed by atoms with Crippen molar-refractivity contribution in [1.82, 2.24) is 4.90 Å². The second-order valence-corrected chi connectivity index (χ2v) is 5.06. The number of phenolic OH excluding ortho intramolecular Hbond substituents is 2. The minimum atomic E-state index is -0.261. The highest BCUT2D eigenvalue weighted by molar-refractivity contribution is 5.95. The predicted octanol–water partition coefficient (Wildman–Crippen LogP) is 1.51. The van der Waals surface area contributed by atoms with Gasteiger partial charge in [-0.3, -0.25) is 9.59 Å². The Morgan fingerprint density at radius 3 is 2.29 bits per heavy atom. The number of piperidine rings is 1. The van der Waals surface area contributed by atoms with Crippen LogP contribution in [0.1, 0.15) is 30.1 Å². The zero-order valence-electron chi connectivity index (χ0n) is 11.9. The summed E-state index contributed by atoms with van der Waals surface area (Å²) in [4.78, 5) is 25.6. The van der Waals surface area contributed by atoms with Crippen LogP contribution in [-0.2, 0) is 9.53 Å². The van der Waals surface area contributed by atoms with E-state index >= 15 is 0 Å². The number of rotatable bonds is 3. The van der Waals surface area contributed by atoms with E-state index in [2.05, 4.69) is 0 Å². The average molecular weight is 293 g/mol. The fourth-order valence-corrected chi connectivity index (χ4v) is 2.48. The van der Waals surface area contributed by atoms with Gasteiger partial charge in [0.15, 0.2) is 0 Å². The molecular weight excluding hydrogens is 274 g/mol. The highest BCUT2D eigenvalue weighted by Gasteiger charge is 2.28. The first kappa shape index (κ1) is 15.2. The third kappa shape index (κ3) is 3.65. The molecule has 114 valence electrons. The van der Waals surface area contributed by atoms with Gasteiger partial charge < -0.3 is 19.8 Å². The monoisotopic (exact) mass is 293 g/mol. The molecule has 0 spiro atoms. The lowest BCUT2D eigenvalue weighted by Crippen LogP contribution is -2.40. The van der Waals surface area contributed by atoms with E-state index in [1.165, 1.54) is 18.2 Å². The number of ether oxygens (including phenoxy) is 1. The van der Waals surface area contributed by atoms with Gasteiger partial charge in [0.1, 0.15) is 11.5 Å². The normalized spacial score (nSPS) is 15.8. The van der Waals surface area contributed by atoms with Crippen molar-refractivity contribution in [3.05, 3.63) is 23.8 Å². The fourth-order valence-electron chi connectivity index (χ4n) is 2.48. The van der Waals surface area contributed by atoms with E-state index in [1.54, 1.807) is 11.8 Å². The van der Waals surface area contributed by atoms with Gasteiger partial charge in [-0.1, -0.05) is 0 Å². The van der Waals surface area contributed by atoms with Crippen molar-refractivity contribution in [2.75, 3.05) is 19.7 Å². The van der Waals surface area contributed by atoms with Gasteiger partial charge >= 0.3 is 5.97 Å². The van der Waals surface area contributed by atoms with Crippen LogP contribution in [-0.4, -0.2) is 46.7 Å². The van der Waals surface area contributed by atoms with Crippen LogP contribution in [0, 0.1) is 5.92 Å². The minimum Gasteiger partial charge on any atom is -0.508 e. The number of aromatic hydroxyl groups is 2. The Labute approximate surface area is 122 Å². The predicted molar refractivity (Wildman–Crippen MR) is 75.0 cm³/mol. The Balaban J connectivity index is 1.98. The van der Waals surface area contributed by atoms with Gasteiger partial charge in [-0.25, -0.2) is 0 Å². The Morgan fingerprint density at radius 2 is 1.76 bits per heavy atom. The van der Waals surface area contributed by atoms with E-state index in [0.29, 0.717) is 32.5 Å². The van der Waals surface area contributed by atoms with Crippen LogP contribution in [0.5, 0.6) is 11.5 Å². The molecule has 0 aliphatic carbocycles. The number of benzene rings is 1. The molecule has 2 rings (SSSR count). The zero-order chi connectivity index (χ0) is 15.4. The molecule has 1 saturated heterocycles. The van der Waals surface area contributed by atoms with Crippen LogP contribution in [0.3, 0.4) is 0 Å². The Hall–Kier alpha value is -2.24. The smallest absolute Gasteiger partial charge is 0.309 e. The van der Waals surface area contributed by atoms with Gasteiger partial charge in [-0.05, 0) is 31.9 Å². The Bertz CT molecular complexity index is 515. The lowest BCUT2D eigenvalue weighted by Gasteiger charge is -2.31. The number of hydrogen-bond acceptors (Lipinski definition) is 5. The molecule has 0 atom stereocenters. The fraction of sp³-hybridized carbons (Fsp3) is 0.467. The van der Waals surface area contributed by atoms with Crippen molar-refractivity contribution in [3.8, 4) is 11.5 Å². The third-order valence-corrected chi connectivity index (χ3v) is 3.55. The van der Waals surface area contributed by atoms with E-state index in [9.17, 15) is 19.8 Å². The van der Waals surface area contributed by atoms with Crippen molar-refractivity contribution in [3.63, 3.8) is 0 Å². The van der Waals surface area contributed by atoms with Gasteiger partial charge in [-0.15, -0.1) is 0 Å². The second-order valence-electron chi connectivity index (χ2n) is 5.06. The Kier molecular flexibility index (Phi) is 4.67. The van der Waals surface area contributed by atoms with Crippen LogP contribution < -0.4 is 0 Å².